The summed E-state index contributed by atoms with van der Waals surface area (Å²) in [5, 5.41) is 0. The lowest BCUT2D eigenvalue weighted by molar-refractivity contribution is -0.167. The number of carbonyl (C=O) groups excluding carboxylic acids is 3. The first-order chi connectivity index (χ1) is 35.5. The molecule has 0 aliphatic rings. The number of rotatable bonds is 59. The van der Waals surface area contributed by atoms with Crippen molar-refractivity contribution in [3.63, 3.8) is 0 Å². The van der Waals surface area contributed by atoms with Crippen LogP contribution in [0.15, 0.2) is 36.5 Å². The molecule has 0 fully saturated rings. The molecule has 1 unspecified atom stereocenters. The van der Waals surface area contributed by atoms with Crippen LogP contribution in [0.5, 0.6) is 0 Å². The van der Waals surface area contributed by atoms with Crippen LogP contribution in [0, 0.1) is 0 Å². The summed E-state index contributed by atoms with van der Waals surface area (Å²) < 4.78 is 16.9. The highest BCUT2D eigenvalue weighted by Gasteiger charge is 2.19. The molecule has 0 bridgehead atoms. The van der Waals surface area contributed by atoms with Crippen LogP contribution < -0.4 is 0 Å². The van der Waals surface area contributed by atoms with Gasteiger partial charge in [-0.15, -0.1) is 0 Å². The first kappa shape index (κ1) is 69.6. The number of allylic oxidation sites excluding steroid dienone is 6. The molecule has 0 heterocycles. The van der Waals surface area contributed by atoms with Gasteiger partial charge in [0.25, 0.3) is 0 Å². The van der Waals surface area contributed by atoms with Crippen molar-refractivity contribution in [1.29, 1.82) is 0 Å². The van der Waals surface area contributed by atoms with Crippen LogP contribution >= 0.6 is 0 Å². The van der Waals surface area contributed by atoms with E-state index in [4.69, 9.17) is 14.2 Å². The Bertz CT molecular complexity index is 1210. The molecule has 6 nitrogen and oxygen atoms in total. The van der Waals surface area contributed by atoms with Crippen molar-refractivity contribution in [1.82, 2.24) is 0 Å². The van der Waals surface area contributed by atoms with Crippen molar-refractivity contribution in [3.05, 3.63) is 36.5 Å². The van der Waals surface area contributed by atoms with E-state index in [0.29, 0.717) is 19.3 Å². The number of ether oxygens (including phenoxy) is 3. The van der Waals surface area contributed by atoms with Gasteiger partial charge in [-0.1, -0.05) is 308 Å². The second-order valence-electron chi connectivity index (χ2n) is 21.7. The zero-order chi connectivity index (χ0) is 52.2. The highest BCUT2D eigenvalue weighted by Crippen LogP contribution is 2.17. The van der Waals surface area contributed by atoms with E-state index in [9.17, 15) is 14.4 Å². The Morgan fingerprint density at radius 2 is 0.500 bits per heavy atom. The molecule has 422 valence electrons. The largest absolute Gasteiger partial charge is 0.462 e. The van der Waals surface area contributed by atoms with Gasteiger partial charge in [-0.25, -0.2) is 0 Å². The maximum Gasteiger partial charge on any atom is 0.306 e. The molecule has 0 saturated carbocycles. The Morgan fingerprint density at radius 3 is 0.778 bits per heavy atom. The van der Waals surface area contributed by atoms with Gasteiger partial charge in [-0.05, 0) is 57.8 Å². The molecule has 0 aromatic rings. The van der Waals surface area contributed by atoms with Crippen molar-refractivity contribution < 1.29 is 28.6 Å². The summed E-state index contributed by atoms with van der Waals surface area (Å²) in [6.07, 6.45) is 74.5. The van der Waals surface area contributed by atoms with E-state index in [1.54, 1.807) is 0 Å². The monoisotopic (exact) mass is 1010 g/mol. The fourth-order valence-corrected chi connectivity index (χ4v) is 9.57. The maximum atomic E-state index is 12.8. The van der Waals surface area contributed by atoms with E-state index in [0.717, 1.165) is 70.6 Å². The molecule has 0 N–H and O–H groups in total. The number of carbonyl (C=O) groups is 3. The number of esters is 3. The molecule has 0 spiro atoms. The Labute approximate surface area is 448 Å². The predicted octanol–water partition coefficient (Wildman–Crippen LogP) is 21.6. The van der Waals surface area contributed by atoms with Gasteiger partial charge in [0.2, 0.25) is 0 Å². The normalized spacial score (nSPS) is 12.2. The van der Waals surface area contributed by atoms with Crippen molar-refractivity contribution >= 4 is 17.9 Å². The molecule has 1 atom stereocenters. The second-order valence-corrected chi connectivity index (χ2v) is 21.7. The Balaban J connectivity index is 4.06. The molecule has 0 amide bonds. The second kappa shape index (κ2) is 61.2. The molecule has 0 aliphatic heterocycles. The molecule has 72 heavy (non-hydrogen) atoms. The van der Waals surface area contributed by atoms with Crippen LogP contribution in [0.4, 0.5) is 0 Å². The van der Waals surface area contributed by atoms with E-state index in [1.165, 1.54) is 238 Å². The van der Waals surface area contributed by atoms with Gasteiger partial charge in [0.05, 0.1) is 0 Å². The predicted molar refractivity (Wildman–Crippen MR) is 312 cm³/mol. The summed E-state index contributed by atoms with van der Waals surface area (Å²) in [5.74, 6) is -0.845. The standard InChI is InChI=1S/C66H122O6/c1-4-7-10-13-16-19-22-24-25-26-27-28-29-30-31-32-33-34-35-36-37-38-39-40-41-42-45-47-50-53-56-59-65(68)71-62-63(61-70-64(67)58-55-52-49-46-43-21-18-15-12-9-6-3)72-66(69)60-57-54-51-48-44-23-20-17-14-11-8-5-2/h22,24,26-27,29-30,63H,4-21,23,25,28,31-62H2,1-3H3/b24-22-,27-26-,30-29-. The van der Waals surface area contributed by atoms with Gasteiger partial charge in [0.1, 0.15) is 13.2 Å². The van der Waals surface area contributed by atoms with Gasteiger partial charge in [0, 0.05) is 19.3 Å². The Morgan fingerprint density at radius 1 is 0.278 bits per heavy atom. The van der Waals surface area contributed by atoms with Gasteiger partial charge in [0.15, 0.2) is 6.10 Å². The van der Waals surface area contributed by atoms with Gasteiger partial charge < -0.3 is 14.2 Å². The first-order valence-corrected chi connectivity index (χ1v) is 32.0. The minimum atomic E-state index is -0.765. The third kappa shape index (κ3) is 58.5. The molecule has 0 radical (unpaired) electrons. The highest BCUT2D eigenvalue weighted by molar-refractivity contribution is 5.71. The average molecular weight is 1010 g/mol. The van der Waals surface area contributed by atoms with E-state index in [2.05, 4.69) is 57.2 Å². The Kier molecular flexibility index (Phi) is 59.2. The lowest BCUT2D eigenvalue weighted by Gasteiger charge is -2.18. The quantitative estimate of drug-likeness (QED) is 0.0261. The van der Waals surface area contributed by atoms with Crippen LogP contribution in [-0.2, 0) is 28.6 Å². The smallest absolute Gasteiger partial charge is 0.306 e. The van der Waals surface area contributed by atoms with E-state index >= 15 is 0 Å². The highest BCUT2D eigenvalue weighted by atomic mass is 16.6. The van der Waals surface area contributed by atoms with Crippen LogP contribution in [-0.4, -0.2) is 37.2 Å². The SMILES string of the molecule is CCCCCCC/C=C\C/C=C\C/C=C\CCCCCCCCCCCCCCCCCCC(=O)OCC(COC(=O)CCCCCCCCCCCCC)OC(=O)CCCCCCCCCCCCCC. The summed E-state index contributed by atoms with van der Waals surface area (Å²) in [6.45, 7) is 6.66. The van der Waals surface area contributed by atoms with E-state index < -0.39 is 6.10 Å². The zero-order valence-corrected chi connectivity index (χ0v) is 48.5. The molecular weight excluding hydrogens is 889 g/mol. The molecule has 0 aliphatic carbocycles. The fraction of sp³-hybridized carbons (Fsp3) is 0.864. The molecule has 0 rings (SSSR count). The molecule has 0 aromatic carbocycles. The van der Waals surface area contributed by atoms with Crippen LogP contribution in [0.25, 0.3) is 0 Å². The van der Waals surface area contributed by atoms with Crippen molar-refractivity contribution in [2.24, 2.45) is 0 Å². The van der Waals surface area contributed by atoms with Gasteiger partial charge in [-0.2, -0.15) is 0 Å². The summed E-state index contributed by atoms with van der Waals surface area (Å²) in [7, 11) is 0. The first-order valence-electron chi connectivity index (χ1n) is 32.0. The van der Waals surface area contributed by atoms with E-state index in [1.807, 2.05) is 0 Å². The number of hydrogen-bond acceptors (Lipinski definition) is 6. The average Bonchev–Trinajstić information content (AvgIpc) is 3.38. The van der Waals surface area contributed by atoms with Gasteiger partial charge >= 0.3 is 17.9 Å². The van der Waals surface area contributed by atoms with Crippen LogP contribution in [0.3, 0.4) is 0 Å². The van der Waals surface area contributed by atoms with Crippen molar-refractivity contribution in [2.45, 2.75) is 354 Å². The maximum absolute atomic E-state index is 12.8. The van der Waals surface area contributed by atoms with Crippen molar-refractivity contribution in [2.75, 3.05) is 13.2 Å². The number of hydrogen-bond donors (Lipinski definition) is 0. The molecular formula is C66H122O6. The lowest BCUT2D eigenvalue weighted by Crippen LogP contribution is -2.30. The summed E-state index contributed by atoms with van der Waals surface area (Å²) in [5.41, 5.74) is 0. The van der Waals surface area contributed by atoms with Crippen molar-refractivity contribution in [3.8, 4) is 0 Å². The van der Waals surface area contributed by atoms with Crippen LogP contribution in [0.1, 0.15) is 348 Å². The summed E-state index contributed by atoms with van der Waals surface area (Å²) in [6, 6.07) is 0. The third-order valence-electron chi connectivity index (χ3n) is 14.4. The van der Waals surface area contributed by atoms with E-state index in [-0.39, 0.29) is 31.1 Å². The molecule has 0 saturated heterocycles. The summed E-state index contributed by atoms with van der Waals surface area (Å²) in [4.78, 5) is 38.1. The van der Waals surface area contributed by atoms with Gasteiger partial charge in [-0.3, -0.25) is 14.4 Å². The minimum Gasteiger partial charge on any atom is -0.462 e. The fourth-order valence-electron chi connectivity index (χ4n) is 9.57. The van der Waals surface area contributed by atoms with Crippen LogP contribution in [0.2, 0.25) is 0 Å². The molecule has 6 heteroatoms. The Hall–Kier alpha value is -2.37. The summed E-state index contributed by atoms with van der Waals surface area (Å²) >= 11 is 0. The third-order valence-corrected chi connectivity index (χ3v) is 14.4. The zero-order valence-electron chi connectivity index (χ0n) is 48.5. The number of unbranched alkanes of at least 4 members (excludes halogenated alkanes) is 42. The lowest BCUT2D eigenvalue weighted by atomic mass is 10.0. The topological polar surface area (TPSA) is 78.9 Å². The minimum absolute atomic E-state index is 0.0656. The molecule has 0 aromatic heterocycles.